The van der Waals surface area contributed by atoms with Crippen LogP contribution in [0.5, 0.6) is 0 Å². The number of carbonyl (C=O) groups is 2. The number of carbonyl (C=O) groups excluding carboxylic acids is 2. The first-order valence-electron chi connectivity index (χ1n) is 10.2. The highest BCUT2D eigenvalue weighted by Crippen LogP contribution is 2.38. The molecule has 0 unspecified atom stereocenters. The number of thioether (sulfide) groups is 1. The summed E-state index contributed by atoms with van der Waals surface area (Å²) in [6.07, 6.45) is 4.47. The van der Waals surface area contributed by atoms with Crippen molar-refractivity contribution in [3.63, 3.8) is 0 Å². The van der Waals surface area contributed by atoms with Crippen LogP contribution < -0.4 is 5.32 Å². The van der Waals surface area contributed by atoms with Crippen LogP contribution in [0.4, 0.5) is 5.00 Å². The van der Waals surface area contributed by atoms with Gasteiger partial charge in [0.15, 0.2) is 0 Å². The van der Waals surface area contributed by atoms with Crippen LogP contribution in [0.2, 0.25) is 0 Å². The number of benzene rings is 1. The van der Waals surface area contributed by atoms with E-state index in [-0.39, 0.29) is 17.6 Å². The Labute approximate surface area is 188 Å². The topological polar surface area (TPSA) is 94.3 Å². The predicted molar refractivity (Wildman–Crippen MR) is 120 cm³/mol. The smallest absolute Gasteiger partial charge is 0.341 e. The zero-order valence-electron chi connectivity index (χ0n) is 17.2. The number of fused-ring (bicyclic) bond motifs is 1. The largest absolute Gasteiger partial charge is 0.462 e. The minimum absolute atomic E-state index is 0.109. The fraction of sp³-hybridized carbons (Fsp3) is 0.364. The molecule has 0 spiro atoms. The van der Waals surface area contributed by atoms with E-state index >= 15 is 0 Å². The van der Waals surface area contributed by atoms with Crippen molar-refractivity contribution in [1.82, 2.24) is 10.2 Å². The number of ether oxygens (including phenoxy) is 1. The molecule has 9 heteroatoms. The monoisotopic (exact) mass is 457 g/mol. The Balaban J connectivity index is 1.38. The lowest BCUT2D eigenvalue weighted by Crippen LogP contribution is -2.17. The lowest BCUT2D eigenvalue weighted by Gasteiger charge is -2.12. The van der Waals surface area contributed by atoms with Crippen molar-refractivity contribution >= 4 is 40.0 Å². The summed E-state index contributed by atoms with van der Waals surface area (Å²) in [5.41, 5.74) is 2.62. The average molecular weight is 458 g/mol. The van der Waals surface area contributed by atoms with Gasteiger partial charge in [-0.05, 0) is 43.7 Å². The zero-order chi connectivity index (χ0) is 21.6. The Bertz CT molecular complexity index is 1060. The Kier molecular flexibility index (Phi) is 7.03. The summed E-state index contributed by atoms with van der Waals surface area (Å²) in [5, 5.41) is 11.9. The van der Waals surface area contributed by atoms with E-state index in [0.29, 0.717) is 34.7 Å². The number of thiophene rings is 1. The van der Waals surface area contributed by atoms with E-state index in [1.165, 1.54) is 28.0 Å². The van der Waals surface area contributed by atoms with Crippen molar-refractivity contribution in [3.8, 4) is 0 Å². The first-order valence-corrected chi connectivity index (χ1v) is 12.0. The third kappa shape index (κ3) is 5.34. The summed E-state index contributed by atoms with van der Waals surface area (Å²) in [4.78, 5) is 26.2. The number of nitrogens with zero attached hydrogens (tertiary/aromatic N) is 2. The Morgan fingerprint density at radius 2 is 2.00 bits per heavy atom. The van der Waals surface area contributed by atoms with E-state index in [4.69, 9.17) is 9.15 Å². The maximum atomic E-state index is 12.6. The minimum atomic E-state index is -0.368. The highest BCUT2D eigenvalue weighted by Gasteiger charge is 2.27. The fourth-order valence-electron chi connectivity index (χ4n) is 3.50. The number of aromatic nitrogens is 2. The summed E-state index contributed by atoms with van der Waals surface area (Å²) in [5.74, 6) is 0.0199. The molecular formula is C22H23N3O4S2. The van der Waals surface area contributed by atoms with E-state index in [2.05, 4.69) is 15.5 Å². The lowest BCUT2D eigenvalue weighted by molar-refractivity contribution is -0.113. The number of aryl methyl sites for hydroxylation is 1. The first kappa shape index (κ1) is 21.6. The van der Waals surface area contributed by atoms with Crippen LogP contribution in [0.1, 0.15) is 52.0 Å². The van der Waals surface area contributed by atoms with E-state index in [9.17, 15) is 9.59 Å². The number of hydrogen-bond acceptors (Lipinski definition) is 8. The Morgan fingerprint density at radius 1 is 1.19 bits per heavy atom. The molecule has 0 atom stereocenters. The fourth-order valence-corrected chi connectivity index (χ4v) is 5.38. The van der Waals surface area contributed by atoms with E-state index in [1.54, 1.807) is 6.92 Å². The molecule has 1 aliphatic carbocycles. The van der Waals surface area contributed by atoms with Gasteiger partial charge in [0.05, 0.1) is 24.3 Å². The van der Waals surface area contributed by atoms with Crippen LogP contribution in [0.25, 0.3) is 0 Å². The summed E-state index contributed by atoms with van der Waals surface area (Å²) in [6, 6.07) is 9.85. The van der Waals surface area contributed by atoms with Crippen molar-refractivity contribution < 1.29 is 18.7 Å². The van der Waals surface area contributed by atoms with Gasteiger partial charge in [0.1, 0.15) is 5.00 Å². The third-order valence-electron chi connectivity index (χ3n) is 4.88. The molecule has 0 aliphatic heterocycles. The maximum Gasteiger partial charge on any atom is 0.341 e. The summed E-state index contributed by atoms with van der Waals surface area (Å²) in [7, 11) is 0. The van der Waals surface area contributed by atoms with Crippen LogP contribution >= 0.6 is 23.1 Å². The predicted octanol–water partition coefficient (Wildman–Crippen LogP) is 4.51. The summed E-state index contributed by atoms with van der Waals surface area (Å²) in [6.45, 7) is 2.08. The summed E-state index contributed by atoms with van der Waals surface area (Å²) >= 11 is 2.65. The SMILES string of the molecule is CCOC(=O)c1c(NC(=O)CSc2nnc(Cc3ccccc3)o2)sc2c1CCCC2. The molecule has 31 heavy (non-hydrogen) atoms. The van der Waals surface area contributed by atoms with Gasteiger partial charge in [0.2, 0.25) is 11.8 Å². The van der Waals surface area contributed by atoms with Gasteiger partial charge in [-0.2, -0.15) is 0 Å². The third-order valence-corrected chi connectivity index (χ3v) is 6.90. The van der Waals surface area contributed by atoms with Gasteiger partial charge in [0.25, 0.3) is 5.22 Å². The van der Waals surface area contributed by atoms with Crippen molar-refractivity contribution in [2.45, 2.75) is 44.3 Å². The second-order valence-electron chi connectivity index (χ2n) is 7.10. The molecule has 7 nitrogen and oxygen atoms in total. The maximum absolute atomic E-state index is 12.6. The van der Waals surface area contributed by atoms with E-state index < -0.39 is 0 Å². The van der Waals surface area contributed by atoms with Crippen molar-refractivity contribution in [2.75, 3.05) is 17.7 Å². The number of rotatable bonds is 8. The van der Waals surface area contributed by atoms with Gasteiger partial charge >= 0.3 is 5.97 Å². The van der Waals surface area contributed by atoms with Gasteiger partial charge < -0.3 is 14.5 Å². The van der Waals surface area contributed by atoms with Gasteiger partial charge in [-0.1, -0.05) is 42.1 Å². The second kappa shape index (κ2) is 10.1. The molecule has 2 heterocycles. The van der Waals surface area contributed by atoms with Crippen LogP contribution in [0, 0.1) is 0 Å². The van der Waals surface area contributed by atoms with Crippen LogP contribution in [-0.4, -0.2) is 34.4 Å². The number of amides is 1. The number of esters is 1. The van der Waals surface area contributed by atoms with Crippen LogP contribution in [0.3, 0.4) is 0 Å². The molecule has 1 aromatic carbocycles. The normalized spacial score (nSPS) is 12.9. The molecule has 1 amide bonds. The van der Waals surface area contributed by atoms with Crippen molar-refractivity contribution in [2.24, 2.45) is 0 Å². The number of anilines is 1. The molecule has 0 bridgehead atoms. The molecule has 0 saturated heterocycles. The van der Waals surface area contributed by atoms with Gasteiger partial charge in [0, 0.05) is 4.88 Å². The van der Waals surface area contributed by atoms with E-state index in [0.717, 1.165) is 36.8 Å². The lowest BCUT2D eigenvalue weighted by atomic mass is 9.95. The molecule has 0 radical (unpaired) electrons. The molecule has 0 fully saturated rings. The molecule has 4 rings (SSSR count). The van der Waals surface area contributed by atoms with Gasteiger partial charge in [-0.3, -0.25) is 4.79 Å². The Hall–Kier alpha value is -2.65. The first-order chi connectivity index (χ1) is 15.1. The quantitative estimate of drug-likeness (QED) is 0.393. The molecule has 162 valence electrons. The van der Waals surface area contributed by atoms with E-state index in [1.807, 2.05) is 30.3 Å². The van der Waals surface area contributed by atoms with Crippen molar-refractivity contribution in [1.29, 1.82) is 0 Å². The molecular weight excluding hydrogens is 434 g/mol. The van der Waals surface area contributed by atoms with Gasteiger partial charge in [-0.25, -0.2) is 4.79 Å². The Morgan fingerprint density at radius 3 is 2.81 bits per heavy atom. The van der Waals surface area contributed by atoms with Crippen LogP contribution in [-0.2, 0) is 28.8 Å². The molecule has 3 aromatic rings. The molecule has 1 aliphatic rings. The summed E-state index contributed by atoms with van der Waals surface area (Å²) < 4.78 is 10.9. The second-order valence-corrected chi connectivity index (χ2v) is 9.13. The zero-order valence-corrected chi connectivity index (χ0v) is 18.8. The number of hydrogen-bond donors (Lipinski definition) is 1. The molecule has 2 aromatic heterocycles. The highest BCUT2D eigenvalue weighted by molar-refractivity contribution is 7.99. The standard InChI is InChI=1S/C22H23N3O4S2/c1-2-28-21(27)19-15-10-6-7-11-16(15)31-20(19)23-17(26)13-30-22-25-24-18(29-22)12-14-8-4-3-5-9-14/h3-5,8-9H,2,6-7,10-13H2,1H3,(H,23,26). The minimum Gasteiger partial charge on any atom is -0.462 e. The van der Waals surface area contributed by atoms with Crippen LogP contribution in [0.15, 0.2) is 40.0 Å². The molecule has 1 N–H and O–H groups in total. The number of nitrogens with one attached hydrogen (secondary N) is 1. The molecule has 0 saturated carbocycles. The van der Waals surface area contributed by atoms with Crippen molar-refractivity contribution in [3.05, 3.63) is 57.8 Å². The average Bonchev–Trinajstić information content (AvgIpc) is 3.37. The van der Waals surface area contributed by atoms with Gasteiger partial charge in [-0.15, -0.1) is 21.5 Å². The highest BCUT2D eigenvalue weighted by atomic mass is 32.2.